The first-order valence-corrected chi connectivity index (χ1v) is 7.53. The predicted molar refractivity (Wildman–Crippen MR) is 60.4 cm³/mol. The molecular formula is C9H14N2O2S2. The highest BCUT2D eigenvalue weighted by Gasteiger charge is 2.32. The van der Waals surface area contributed by atoms with Crippen LogP contribution < -0.4 is 5.73 Å². The van der Waals surface area contributed by atoms with Crippen molar-refractivity contribution in [1.29, 1.82) is 0 Å². The minimum Gasteiger partial charge on any atom is -0.326 e. The fourth-order valence-corrected chi connectivity index (χ4v) is 4.98. The van der Waals surface area contributed by atoms with Crippen LogP contribution in [0.1, 0.15) is 34.4 Å². The van der Waals surface area contributed by atoms with E-state index in [1.54, 1.807) is 6.20 Å². The molecular weight excluding hydrogens is 232 g/mol. The van der Waals surface area contributed by atoms with Gasteiger partial charge in [0.25, 0.3) is 0 Å². The van der Waals surface area contributed by atoms with Gasteiger partial charge in [0.15, 0.2) is 9.84 Å². The van der Waals surface area contributed by atoms with E-state index in [9.17, 15) is 8.42 Å². The number of hydrogen-bond donors (Lipinski definition) is 1. The molecule has 84 valence electrons. The van der Waals surface area contributed by atoms with Gasteiger partial charge in [0.1, 0.15) is 10.3 Å². The van der Waals surface area contributed by atoms with E-state index in [0.717, 1.165) is 22.7 Å². The van der Waals surface area contributed by atoms with Gasteiger partial charge in [-0.3, -0.25) is 0 Å². The Hall–Kier alpha value is -0.460. The van der Waals surface area contributed by atoms with Gasteiger partial charge in [-0.15, -0.1) is 11.3 Å². The van der Waals surface area contributed by atoms with Crippen LogP contribution in [0.3, 0.4) is 0 Å². The highest BCUT2D eigenvalue weighted by Crippen LogP contribution is 2.35. The van der Waals surface area contributed by atoms with E-state index in [2.05, 4.69) is 4.98 Å². The molecule has 4 nitrogen and oxygen atoms in total. The second-order valence-electron chi connectivity index (χ2n) is 3.72. The Labute approximate surface area is 93.4 Å². The summed E-state index contributed by atoms with van der Waals surface area (Å²) in [6, 6.07) is 0. The van der Waals surface area contributed by atoms with E-state index < -0.39 is 9.84 Å². The average Bonchev–Trinajstić information content (AvgIpc) is 2.65. The topological polar surface area (TPSA) is 73.0 Å². The molecule has 0 amide bonds. The van der Waals surface area contributed by atoms with Gasteiger partial charge >= 0.3 is 0 Å². The van der Waals surface area contributed by atoms with Crippen LogP contribution in [0.25, 0.3) is 0 Å². The maximum atomic E-state index is 11.8. The fourth-order valence-electron chi connectivity index (χ4n) is 1.80. The Balaban J connectivity index is 2.29. The largest absolute Gasteiger partial charge is 0.326 e. The lowest BCUT2D eigenvalue weighted by molar-refractivity contribution is 0.545. The molecule has 1 aromatic rings. The van der Waals surface area contributed by atoms with Gasteiger partial charge in [0.05, 0.1) is 5.75 Å². The minimum absolute atomic E-state index is 0.301. The summed E-state index contributed by atoms with van der Waals surface area (Å²) in [5.41, 5.74) is 5.48. The smallest absolute Gasteiger partial charge is 0.159 e. The molecule has 0 bridgehead atoms. The summed E-state index contributed by atoms with van der Waals surface area (Å²) in [4.78, 5) is 5.12. The lowest BCUT2D eigenvalue weighted by Crippen LogP contribution is -2.21. The van der Waals surface area contributed by atoms with Crippen molar-refractivity contribution in [3.05, 3.63) is 16.1 Å². The van der Waals surface area contributed by atoms with Gasteiger partial charge in [-0.25, -0.2) is 13.4 Å². The summed E-state index contributed by atoms with van der Waals surface area (Å²) in [6.45, 7) is 0.435. The number of sulfone groups is 1. The number of hydrogen-bond acceptors (Lipinski definition) is 5. The molecule has 1 aliphatic rings. The summed E-state index contributed by atoms with van der Waals surface area (Å²) in [7, 11) is -2.96. The SMILES string of the molecule is NCc1cnc(C2CCCCS2(=O)=O)s1. The number of aromatic nitrogens is 1. The lowest BCUT2D eigenvalue weighted by Gasteiger charge is -2.19. The molecule has 0 spiro atoms. The van der Waals surface area contributed by atoms with E-state index in [0.29, 0.717) is 18.7 Å². The average molecular weight is 246 g/mol. The van der Waals surface area contributed by atoms with Crippen molar-refractivity contribution in [3.8, 4) is 0 Å². The van der Waals surface area contributed by atoms with Crippen LogP contribution in [0.4, 0.5) is 0 Å². The lowest BCUT2D eigenvalue weighted by atomic mass is 10.2. The maximum absolute atomic E-state index is 11.8. The van der Waals surface area contributed by atoms with E-state index >= 15 is 0 Å². The molecule has 6 heteroatoms. The molecule has 2 N–H and O–H groups in total. The Bertz CT molecular complexity index is 439. The maximum Gasteiger partial charge on any atom is 0.159 e. The zero-order valence-electron chi connectivity index (χ0n) is 8.35. The Morgan fingerprint density at radius 2 is 2.33 bits per heavy atom. The van der Waals surface area contributed by atoms with Crippen molar-refractivity contribution >= 4 is 21.2 Å². The molecule has 1 fully saturated rings. The molecule has 1 atom stereocenters. The Morgan fingerprint density at radius 3 is 2.93 bits per heavy atom. The van der Waals surface area contributed by atoms with Crippen molar-refractivity contribution in [3.63, 3.8) is 0 Å². The van der Waals surface area contributed by atoms with Crippen LogP contribution in [0.15, 0.2) is 6.20 Å². The van der Waals surface area contributed by atoms with E-state index in [4.69, 9.17) is 5.73 Å². The number of rotatable bonds is 2. The molecule has 1 aliphatic heterocycles. The first kappa shape index (κ1) is 11.0. The molecule has 0 aliphatic carbocycles. The first-order chi connectivity index (χ1) is 7.13. The third-order valence-corrected chi connectivity index (χ3v) is 6.09. The summed E-state index contributed by atoms with van der Waals surface area (Å²) in [6.07, 6.45) is 4.15. The highest BCUT2D eigenvalue weighted by atomic mass is 32.2. The van der Waals surface area contributed by atoms with Gasteiger partial charge in [-0.05, 0) is 12.8 Å². The molecule has 15 heavy (non-hydrogen) atoms. The predicted octanol–water partition coefficient (Wildman–Crippen LogP) is 1.24. The molecule has 2 rings (SSSR count). The van der Waals surface area contributed by atoms with Crippen molar-refractivity contribution in [1.82, 2.24) is 4.98 Å². The third kappa shape index (κ3) is 2.21. The van der Waals surface area contributed by atoms with E-state index in [-0.39, 0.29) is 5.25 Å². The van der Waals surface area contributed by atoms with Crippen LogP contribution in [0.5, 0.6) is 0 Å². The fraction of sp³-hybridized carbons (Fsp3) is 0.667. The molecule has 1 unspecified atom stereocenters. The monoisotopic (exact) mass is 246 g/mol. The zero-order valence-corrected chi connectivity index (χ0v) is 9.98. The normalized spacial score (nSPS) is 25.3. The van der Waals surface area contributed by atoms with Crippen molar-refractivity contribution in [2.45, 2.75) is 31.1 Å². The third-order valence-electron chi connectivity index (χ3n) is 2.63. The van der Waals surface area contributed by atoms with Gasteiger partial charge in [-0.1, -0.05) is 6.42 Å². The number of thiazole rings is 1. The van der Waals surface area contributed by atoms with Crippen LogP contribution in [0.2, 0.25) is 0 Å². The number of nitrogens with zero attached hydrogens (tertiary/aromatic N) is 1. The standard InChI is InChI=1S/C9H14N2O2S2/c10-5-7-6-11-9(14-7)8-3-1-2-4-15(8,12)13/h6,8H,1-5,10H2. The first-order valence-electron chi connectivity index (χ1n) is 5.00. The highest BCUT2D eigenvalue weighted by molar-refractivity contribution is 7.91. The summed E-state index contributed by atoms with van der Waals surface area (Å²) in [5.74, 6) is 0.301. The van der Waals surface area contributed by atoms with E-state index in [1.165, 1.54) is 11.3 Å². The molecule has 1 aromatic heterocycles. The summed E-state index contributed by atoms with van der Waals surface area (Å²) in [5, 5.41) is 0.340. The van der Waals surface area contributed by atoms with Crippen molar-refractivity contribution in [2.75, 3.05) is 5.75 Å². The van der Waals surface area contributed by atoms with Gasteiger partial charge in [0, 0.05) is 17.6 Å². The summed E-state index contributed by atoms with van der Waals surface area (Å²) >= 11 is 1.43. The van der Waals surface area contributed by atoms with Gasteiger partial charge in [-0.2, -0.15) is 0 Å². The van der Waals surface area contributed by atoms with Crippen LogP contribution in [0, 0.1) is 0 Å². The van der Waals surface area contributed by atoms with Crippen LogP contribution >= 0.6 is 11.3 Å². The van der Waals surface area contributed by atoms with Gasteiger partial charge in [0.2, 0.25) is 0 Å². The molecule has 0 aromatic carbocycles. The number of nitrogens with two attached hydrogens (primary N) is 1. The molecule has 1 saturated heterocycles. The quantitative estimate of drug-likeness (QED) is 0.852. The molecule has 0 saturated carbocycles. The van der Waals surface area contributed by atoms with Crippen LogP contribution in [-0.2, 0) is 16.4 Å². The van der Waals surface area contributed by atoms with Crippen molar-refractivity contribution < 1.29 is 8.42 Å². The Morgan fingerprint density at radius 1 is 1.53 bits per heavy atom. The van der Waals surface area contributed by atoms with Gasteiger partial charge < -0.3 is 5.73 Å². The Kier molecular flexibility index (Phi) is 3.08. The second kappa shape index (κ2) is 4.19. The van der Waals surface area contributed by atoms with Crippen molar-refractivity contribution in [2.24, 2.45) is 5.73 Å². The second-order valence-corrected chi connectivity index (χ2v) is 7.17. The van der Waals surface area contributed by atoms with Crippen LogP contribution in [-0.4, -0.2) is 19.2 Å². The zero-order chi connectivity index (χ0) is 10.9. The molecule has 2 heterocycles. The van der Waals surface area contributed by atoms with E-state index in [1.807, 2.05) is 0 Å². The molecule has 0 radical (unpaired) electrons. The minimum atomic E-state index is -2.96. The summed E-state index contributed by atoms with van der Waals surface area (Å²) < 4.78 is 23.6.